The van der Waals surface area contributed by atoms with Crippen LogP contribution in [-0.4, -0.2) is 5.48 Å². The second kappa shape index (κ2) is 19.9. The van der Waals surface area contributed by atoms with E-state index in [2.05, 4.69) is 13.8 Å². The van der Waals surface area contributed by atoms with E-state index < -0.39 is 0 Å². The predicted octanol–water partition coefficient (Wildman–Crippen LogP) is 5.80. The molecule has 0 saturated carbocycles. The first kappa shape index (κ1) is 20.9. The van der Waals surface area contributed by atoms with E-state index in [1.807, 2.05) is 0 Å². The van der Waals surface area contributed by atoms with Gasteiger partial charge >= 0.3 is 118 Å². The van der Waals surface area contributed by atoms with E-state index in [0.717, 1.165) is 0 Å². The minimum absolute atomic E-state index is 0. The average molecular weight is 310 g/mol. The summed E-state index contributed by atoms with van der Waals surface area (Å²) in [6.45, 7) is 4.60. The van der Waals surface area contributed by atoms with Gasteiger partial charge in [0.05, 0.1) is 0 Å². The molecule has 108 valence electrons. The monoisotopic (exact) mass is 308 g/mol. The second-order valence-electron chi connectivity index (χ2n) is 5.60. The fourth-order valence-corrected chi connectivity index (χ4v) is 6.15. The van der Waals surface area contributed by atoms with Gasteiger partial charge in [0.25, 0.3) is 0 Å². The Balaban J connectivity index is 0. The predicted molar refractivity (Wildman–Crippen MR) is 80.0 cm³/mol. The molecule has 0 saturated heterocycles. The summed E-state index contributed by atoms with van der Waals surface area (Å²) in [4.78, 5) is 0. The third-order valence-electron chi connectivity index (χ3n) is 3.71. The van der Waals surface area contributed by atoms with Crippen LogP contribution < -0.4 is 0 Å². The van der Waals surface area contributed by atoms with E-state index in [1.54, 1.807) is 22.9 Å². The summed E-state index contributed by atoms with van der Waals surface area (Å²) in [5.74, 6) is 0. The summed E-state index contributed by atoms with van der Waals surface area (Å²) in [6, 6.07) is 0. The Kier molecular flexibility index (Phi) is 23.1. The van der Waals surface area contributed by atoms with Crippen LogP contribution >= 0.6 is 0 Å². The van der Waals surface area contributed by atoms with Crippen molar-refractivity contribution in [1.29, 1.82) is 0 Å². The van der Waals surface area contributed by atoms with Crippen LogP contribution in [0.4, 0.5) is 0 Å². The SMILES string of the molecule is CCCCCCC[CH2][Zn][CH2]CCCCCCC.O. The van der Waals surface area contributed by atoms with Crippen molar-refractivity contribution < 1.29 is 22.6 Å². The molecule has 0 amide bonds. The maximum atomic E-state index is 2.30. The van der Waals surface area contributed by atoms with Crippen LogP contribution in [0, 0.1) is 0 Å². The van der Waals surface area contributed by atoms with E-state index in [1.165, 1.54) is 64.2 Å². The molecule has 0 spiro atoms. The van der Waals surface area contributed by atoms with Gasteiger partial charge in [-0.25, -0.2) is 0 Å². The van der Waals surface area contributed by atoms with Crippen molar-refractivity contribution in [3.8, 4) is 0 Å². The molecule has 0 aliphatic carbocycles. The molecule has 18 heavy (non-hydrogen) atoms. The zero-order valence-electron chi connectivity index (χ0n) is 13.1. The van der Waals surface area contributed by atoms with Crippen molar-refractivity contribution in [2.45, 2.75) is 101 Å². The topological polar surface area (TPSA) is 31.5 Å². The standard InChI is InChI=1S/2C8H17.H2O.Zn/c2*1-3-5-7-8-6-4-2;;/h2*1,3-8H2,2H3;1H2;. The van der Waals surface area contributed by atoms with Gasteiger partial charge in [0.2, 0.25) is 0 Å². The molecule has 0 aliphatic rings. The molecule has 2 N–H and O–H groups in total. The minimum atomic E-state index is -0.0720. The molecule has 0 unspecified atom stereocenters. The Morgan fingerprint density at radius 3 is 1.22 bits per heavy atom. The third-order valence-corrected chi connectivity index (χ3v) is 7.90. The first-order valence-corrected chi connectivity index (χ1v) is 12.6. The molecule has 0 atom stereocenters. The largest absolute Gasteiger partial charge is 0.412 e. The molecule has 1 nitrogen and oxygen atoms in total. The fourth-order valence-electron chi connectivity index (χ4n) is 2.44. The first-order chi connectivity index (χ1) is 8.41. The third kappa shape index (κ3) is 18.9. The van der Waals surface area contributed by atoms with Gasteiger partial charge in [-0.2, -0.15) is 0 Å². The smallest absolute Gasteiger partial charge is 0.412 e. The molecule has 0 bridgehead atoms. The van der Waals surface area contributed by atoms with Crippen LogP contribution in [0.1, 0.15) is 90.9 Å². The van der Waals surface area contributed by atoms with E-state index in [-0.39, 0.29) is 22.6 Å². The van der Waals surface area contributed by atoms with Crippen molar-refractivity contribution in [2.24, 2.45) is 0 Å². The van der Waals surface area contributed by atoms with Gasteiger partial charge in [-0.1, -0.05) is 0 Å². The summed E-state index contributed by atoms with van der Waals surface area (Å²) in [5.41, 5.74) is 0. The normalized spacial score (nSPS) is 9.89. The summed E-state index contributed by atoms with van der Waals surface area (Å²) >= 11 is -0.0720. The van der Waals surface area contributed by atoms with Crippen LogP contribution in [0.5, 0.6) is 0 Å². The van der Waals surface area contributed by atoms with E-state index in [4.69, 9.17) is 0 Å². The quantitative estimate of drug-likeness (QED) is 0.287. The molecule has 0 aromatic heterocycles. The molecular formula is C16H36OZn. The van der Waals surface area contributed by atoms with Crippen LogP contribution in [0.25, 0.3) is 0 Å². The molecule has 0 aliphatic heterocycles. The van der Waals surface area contributed by atoms with Crippen molar-refractivity contribution in [2.75, 3.05) is 0 Å². The Bertz CT molecular complexity index is 114. The number of hydrogen-bond donors (Lipinski definition) is 0. The average Bonchev–Trinajstić information content (AvgIpc) is 2.35. The Labute approximate surface area is 123 Å². The molecule has 0 aromatic rings. The summed E-state index contributed by atoms with van der Waals surface area (Å²) in [7, 11) is 0. The molecule has 0 heterocycles. The van der Waals surface area contributed by atoms with Crippen molar-refractivity contribution in [1.82, 2.24) is 0 Å². The van der Waals surface area contributed by atoms with Crippen molar-refractivity contribution in [3.63, 3.8) is 0 Å². The van der Waals surface area contributed by atoms with Gasteiger partial charge in [-0.3, -0.25) is 0 Å². The fraction of sp³-hybridized carbons (Fsp3) is 1.00. The summed E-state index contributed by atoms with van der Waals surface area (Å²) < 4.78 is 0. The Morgan fingerprint density at radius 2 is 0.833 bits per heavy atom. The number of unbranched alkanes of at least 4 members (excludes halogenated alkanes) is 10. The first-order valence-electron chi connectivity index (χ1n) is 8.41. The van der Waals surface area contributed by atoms with Gasteiger partial charge in [-0.15, -0.1) is 0 Å². The van der Waals surface area contributed by atoms with Gasteiger partial charge < -0.3 is 5.48 Å². The maximum absolute atomic E-state index is 2.30. The van der Waals surface area contributed by atoms with Crippen molar-refractivity contribution in [3.05, 3.63) is 0 Å². The molecule has 0 fully saturated rings. The molecule has 0 radical (unpaired) electrons. The van der Waals surface area contributed by atoms with Gasteiger partial charge in [-0.05, 0) is 0 Å². The van der Waals surface area contributed by atoms with E-state index >= 15 is 0 Å². The van der Waals surface area contributed by atoms with E-state index in [0.29, 0.717) is 0 Å². The van der Waals surface area contributed by atoms with Crippen LogP contribution in [0.15, 0.2) is 0 Å². The van der Waals surface area contributed by atoms with E-state index in [9.17, 15) is 0 Å². The van der Waals surface area contributed by atoms with Crippen LogP contribution in [0.3, 0.4) is 0 Å². The number of hydrogen-bond acceptors (Lipinski definition) is 0. The van der Waals surface area contributed by atoms with Gasteiger partial charge in [0, 0.05) is 0 Å². The summed E-state index contributed by atoms with van der Waals surface area (Å²) in [5, 5.41) is 3.35. The van der Waals surface area contributed by atoms with Crippen LogP contribution in [-0.2, 0) is 17.1 Å². The van der Waals surface area contributed by atoms with Crippen molar-refractivity contribution >= 4 is 0 Å². The number of rotatable bonds is 14. The van der Waals surface area contributed by atoms with Gasteiger partial charge in [0.15, 0.2) is 0 Å². The molecular weight excluding hydrogens is 274 g/mol. The zero-order chi connectivity index (χ0) is 12.6. The molecule has 2 heteroatoms. The molecule has 0 rings (SSSR count). The Hall–Kier alpha value is 0.583. The zero-order valence-corrected chi connectivity index (χ0v) is 16.1. The van der Waals surface area contributed by atoms with Crippen LogP contribution in [0.2, 0.25) is 10.0 Å². The van der Waals surface area contributed by atoms with Gasteiger partial charge in [0.1, 0.15) is 0 Å². The second-order valence-corrected chi connectivity index (χ2v) is 10.0. The summed E-state index contributed by atoms with van der Waals surface area (Å²) in [6.07, 6.45) is 17.9. The Morgan fingerprint density at radius 1 is 0.500 bits per heavy atom. The molecule has 0 aromatic carbocycles. The minimum Gasteiger partial charge on any atom is -0.412 e. The maximum Gasteiger partial charge on any atom is -0.412 e.